The van der Waals surface area contributed by atoms with Crippen LogP contribution in [0.2, 0.25) is 0 Å². The molecule has 0 radical (unpaired) electrons. The number of likely N-dealkylation sites (N-methyl/N-ethyl adjacent to an activating group) is 1. The lowest BCUT2D eigenvalue weighted by Crippen LogP contribution is -2.62. The van der Waals surface area contributed by atoms with Gasteiger partial charge in [0.1, 0.15) is 0 Å². The molecule has 2 N–H and O–H groups in total. The average molecular weight is 358 g/mol. The third-order valence-electron chi connectivity index (χ3n) is 5.91. The van der Waals surface area contributed by atoms with Crippen molar-refractivity contribution < 1.29 is 9.59 Å². The van der Waals surface area contributed by atoms with E-state index >= 15 is 0 Å². The van der Waals surface area contributed by atoms with Crippen molar-refractivity contribution in [2.24, 2.45) is 0 Å². The number of amides is 2. The predicted octanol–water partition coefficient (Wildman–Crippen LogP) is 0.898. The Bertz CT molecular complexity index is 663. The van der Waals surface area contributed by atoms with Gasteiger partial charge in [-0.2, -0.15) is 0 Å². The number of carbonyl (C=O) groups is 2. The van der Waals surface area contributed by atoms with E-state index in [4.69, 9.17) is 0 Å². The van der Waals surface area contributed by atoms with Crippen LogP contribution in [-0.4, -0.2) is 66.9 Å². The zero-order valence-corrected chi connectivity index (χ0v) is 15.9. The first kappa shape index (κ1) is 18.9. The molecule has 0 bridgehead atoms. The molecule has 2 aliphatic rings. The van der Waals surface area contributed by atoms with Crippen molar-refractivity contribution in [1.29, 1.82) is 0 Å². The number of piperazine rings is 1. The summed E-state index contributed by atoms with van der Waals surface area (Å²) in [6, 6.07) is 8.12. The second-order valence-corrected chi connectivity index (χ2v) is 7.66. The number of nitrogens with zero attached hydrogens (tertiary/aromatic N) is 2. The number of rotatable bonds is 4. The van der Waals surface area contributed by atoms with Gasteiger partial charge in [0, 0.05) is 44.7 Å². The number of hydrogen-bond donors (Lipinski definition) is 2. The minimum absolute atomic E-state index is 0.00624. The van der Waals surface area contributed by atoms with Gasteiger partial charge in [-0.25, -0.2) is 0 Å². The Morgan fingerprint density at radius 1 is 1.27 bits per heavy atom. The molecule has 6 nitrogen and oxygen atoms in total. The molecular weight excluding hydrogens is 328 g/mol. The molecule has 2 heterocycles. The Morgan fingerprint density at radius 2 is 2.08 bits per heavy atom. The number of hydrogen-bond acceptors (Lipinski definition) is 4. The molecule has 1 unspecified atom stereocenters. The van der Waals surface area contributed by atoms with E-state index < -0.39 is 0 Å². The van der Waals surface area contributed by atoms with Crippen LogP contribution in [-0.2, 0) is 16.1 Å². The lowest BCUT2D eigenvalue weighted by Gasteiger charge is -2.49. The zero-order chi connectivity index (χ0) is 18.6. The molecule has 2 fully saturated rings. The Hall–Kier alpha value is -1.92. The molecule has 0 aromatic heterocycles. The van der Waals surface area contributed by atoms with E-state index in [0.717, 1.165) is 44.6 Å². The molecule has 3 rings (SSSR count). The quantitative estimate of drug-likeness (QED) is 0.839. The number of carbonyl (C=O) groups excluding carboxylic acids is 2. The van der Waals surface area contributed by atoms with Crippen molar-refractivity contribution in [1.82, 2.24) is 20.4 Å². The third-order valence-corrected chi connectivity index (χ3v) is 5.91. The Balaban J connectivity index is 1.55. The summed E-state index contributed by atoms with van der Waals surface area (Å²) >= 11 is 0. The van der Waals surface area contributed by atoms with Gasteiger partial charge in [0.2, 0.25) is 11.8 Å². The topological polar surface area (TPSA) is 64.7 Å². The van der Waals surface area contributed by atoms with Crippen LogP contribution in [0.4, 0.5) is 0 Å². The summed E-state index contributed by atoms with van der Waals surface area (Å²) in [4.78, 5) is 28.8. The molecule has 1 aromatic carbocycles. The van der Waals surface area contributed by atoms with Crippen molar-refractivity contribution in [3.8, 4) is 0 Å². The van der Waals surface area contributed by atoms with Crippen molar-refractivity contribution >= 4 is 11.8 Å². The van der Waals surface area contributed by atoms with Crippen LogP contribution in [0.1, 0.15) is 30.4 Å². The van der Waals surface area contributed by atoms with Gasteiger partial charge in [0.25, 0.3) is 0 Å². The molecule has 2 saturated heterocycles. The minimum Gasteiger partial charge on any atom is -0.356 e. The molecule has 2 aliphatic heterocycles. The molecule has 0 saturated carbocycles. The maximum Gasteiger partial charge on any atom is 0.234 e. The van der Waals surface area contributed by atoms with Gasteiger partial charge in [-0.1, -0.05) is 24.3 Å². The average Bonchev–Trinajstić information content (AvgIpc) is 2.80. The molecular formula is C20H30N4O2. The van der Waals surface area contributed by atoms with Gasteiger partial charge in [-0.3, -0.25) is 19.4 Å². The molecule has 6 heteroatoms. The van der Waals surface area contributed by atoms with Crippen LogP contribution < -0.4 is 10.6 Å². The summed E-state index contributed by atoms with van der Waals surface area (Å²) in [5.41, 5.74) is 2.35. The second-order valence-electron chi connectivity index (χ2n) is 7.66. The van der Waals surface area contributed by atoms with E-state index in [0.29, 0.717) is 19.5 Å². The second kappa shape index (κ2) is 8.18. The van der Waals surface area contributed by atoms with E-state index in [1.807, 2.05) is 12.1 Å². The molecule has 1 spiro atoms. The van der Waals surface area contributed by atoms with Crippen molar-refractivity contribution in [2.45, 2.75) is 38.3 Å². The summed E-state index contributed by atoms with van der Waals surface area (Å²) in [5.74, 6) is 0.208. The van der Waals surface area contributed by atoms with Crippen LogP contribution in [0.25, 0.3) is 0 Å². The third kappa shape index (κ3) is 4.43. The lowest BCUT2D eigenvalue weighted by atomic mass is 9.86. The zero-order valence-electron chi connectivity index (χ0n) is 15.9. The highest BCUT2D eigenvalue weighted by Crippen LogP contribution is 2.30. The molecule has 1 aromatic rings. The van der Waals surface area contributed by atoms with Crippen molar-refractivity contribution in [3.63, 3.8) is 0 Å². The first-order chi connectivity index (χ1) is 12.5. The Morgan fingerprint density at radius 3 is 2.88 bits per heavy atom. The SMILES string of the molecule is Cc1ccccc1CNC(=O)CN1CCN(C)C2(CCNC(=O)CC2)C1. The van der Waals surface area contributed by atoms with E-state index in [-0.39, 0.29) is 17.4 Å². The van der Waals surface area contributed by atoms with E-state index in [2.05, 4.69) is 46.5 Å². The molecule has 2 amide bonds. The molecule has 142 valence electrons. The summed E-state index contributed by atoms with van der Waals surface area (Å²) < 4.78 is 0. The first-order valence-electron chi connectivity index (χ1n) is 9.50. The Kier molecular flexibility index (Phi) is 5.94. The molecule has 26 heavy (non-hydrogen) atoms. The van der Waals surface area contributed by atoms with Gasteiger partial charge in [0.05, 0.1) is 6.54 Å². The van der Waals surface area contributed by atoms with E-state index in [9.17, 15) is 9.59 Å². The number of benzene rings is 1. The predicted molar refractivity (Wildman–Crippen MR) is 102 cm³/mol. The highest BCUT2D eigenvalue weighted by atomic mass is 16.2. The fourth-order valence-electron chi connectivity index (χ4n) is 4.07. The van der Waals surface area contributed by atoms with E-state index in [1.165, 1.54) is 5.56 Å². The normalized spacial score (nSPS) is 24.9. The molecule has 1 atom stereocenters. The lowest BCUT2D eigenvalue weighted by molar-refractivity contribution is -0.124. The minimum atomic E-state index is -0.00624. The first-order valence-corrected chi connectivity index (χ1v) is 9.50. The van der Waals surface area contributed by atoms with Crippen molar-refractivity contribution in [2.75, 3.05) is 39.8 Å². The summed E-state index contributed by atoms with van der Waals surface area (Å²) in [6.45, 7) is 6.43. The summed E-state index contributed by atoms with van der Waals surface area (Å²) in [7, 11) is 2.14. The summed E-state index contributed by atoms with van der Waals surface area (Å²) in [5, 5.41) is 6.02. The molecule has 0 aliphatic carbocycles. The fourth-order valence-corrected chi connectivity index (χ4v) is 4.07. The number of aryl methyl sites for hydroxylation is 1. The van der Waals surface area contributed by atoms with Gasteiger partial charge in [-0.15, -0.1) is 0 Å². The maximum absolute atomic E-state index is 12.4. The van der Waals surface area contributed by atoms with Gasteiger partial charge in [0.15, 0.2) is 0 Å². The van der Waals surface area contributed by atoms with E-state index in [1.54, 1.807) is 0 Å². The van der Waals surface area contributed by atoms with Gasteiger partial charge < -0.3 is 10.6 Å². The van der Waals surface area contributed by atoms with Gasteiger partial charge >= 0.3 is 0 Å². The monoisotopic (exact) mass is 358 g/mol. The fraction of sp³-hybridized carbons (Fsp3) is 0.600. The largest absolute Gasteiger partial charge is 0.356 e. The van der Waals surface area contributed by atoms with Crippen LogP contribution in [0.15, 0.2) is 24.3 Å². The standard InChI is InChI=1S/C20H30N4O2/c1-16-5-3-4-6-17(16)13-22-19(26)14-24-12-11-23(2)20(15-24)8-7-18(25)21-10-9-20/h3-6H,7-15H2,1-2H3,(H,21,25)(H,22,26). The summed E-state index contributed by atoms with van der Waals surface area (Å²) in [6.07, 6.45) is 2.37. The Labute approximate surface area is 155 Å². The maximum atomic E-state index is 12.4. The van der Waals surface area contributed by atoms with Crippen LogP contribution in [0, 0.1) is 6.92 Å². The van der Waals surface area contributed by atoms with Crippen LogP contribution >= 0.6 is 0 Å². The smallest absolute Gasteiger partial charge is 0.234 e. The van der Waals surface area contributed by atoms with Crippen molar-refractivity contribution in [3.05, 3.63) is 35.4 Å². The number of nitrogens with one attached hydrogen (secondary N) is 2. The highest BCUT2D eigenvalue weighted by molar-refractivity contribution is 5.78. The van der Waals surface area contributed by atoms with Crippen LogP contribution in [0.3, 0.4) is 0 Å². The highest BCUT2D eigenvalue weighted by Gasteiger charge is 2.41. The van der Waals surface area contributed by atoms with Crippen LogP contribution in [0.5, 0.6) is 0 Å². The van der Waals surface area contributed by atoms with Gasteiger partial charge in [-0.05, 0) is 37.9 Å².